The Labute approximate surface area is 228 Å². The molecule has 1 aromatic heterocycles. The van der Waals surface area contributed by atoms with Gasteiger partial charge >= 0.3 is 0 Å². The molecule has 2 aliphatic heterocycles. The Kier molecular flexibility index (Phi) is 7.20. The van der Waals surface area contributed by atoms with Crippen LogP contribution in [-0.2, 0) is 17.8 Å². The third-order valence-corrected chi connectivity index (χ3v) is 9.07. The maximum Gasteiger partial charge on any atom is 0.273 e. The molecule has 198 valence electrons. The van der Waals surface area contributed by atoms with Gasteiger partial charge in [-0.05, 0) is 67.9 Å². The minimum Gasteiger partial charge on any atom is -0.486 e. The van der Waals surface area contributed by atoms with Crippen LogP contribution < -0.4 is 4.74 Å². The van der Waals surface area contributed by atoms with Crippen LogP contribution >= 0.6 is 11.3 Å². The number of thiazole rings is 1. The van der Waals surface area contributed by atoms with Gasteiger partial charge in [0.05, 0.1) is 6.04 Å². The molecule has 2 amide bonds. The van der Waals surface area contributed by atoms with E-state index in [-0.39, 0.29) is 17.9 Å². The molecule has 2 fully saturated rings. The van der Waals surface area contributed by atoms with Crippen LogP contribution in [0.2, 0.25) is 0 Å². The van der Waals surface area contributed by atoms with Crippen LogP contribution in [-0.4, -0.2) is 46.2 Å². The van der Waals surface area contributed by atoms with Crippen molar-refractivity contribution in [2.45, 2.75) is 64.5 Å². The molecule has 1 saturated carbocycles. The van der Waals surface area contributed by atoms with Gasteiger partial charge in [-0.1, -0.05) is 48.7 Å². The Morgan fingerprint density at radius 2 is 1.76 bits per heavy atom. The number of likely N-dealkylation sites (tertiary alicyclic amines) is 1. The summed E-state index contributed by atoms with van der Waals surface area (Å²) in [4.78, 5) is 34.9. The van der Waals surface area contributed by atoms with Gasteiger partial charge in [-0.3, -0.25) is 9.59 Å². The van der Waals surface area contributed by atoms with E-state index in [1.807, 2.05) is 16.3 Å². The van der Waals surface area contributed by atoms with Crippen LogP contribution in [0, 0.1) is 12.8 Å². The van der Waals surface area contributed by atoms with Crippen LogP contribution in [0.25, 0.3) is 0 Å². The monoisotopic (exact) mass is 529 g/mol. The molecule has 2 aromatic carbocycles. The highest BCUT2D eigenvalue weighted by Gasteiger charge is 2.36. The quantitative estimate of drug-likeness (QED) is 0.397. The van der Waals surface area contributed by atoms with Crippen molar-refractivity contribution in [3.8, 4) is 5.75 Å². The average molecular weight is 530 g/mol. The Bertz CT molecular complexity index is 1310. The molecular weight excluding hydrogens is 494 g/mol. The van der Waals surface area contributed by atoms with E-state index in [1.54, 1.807) is 0 Å². The van der Waals surface area contributed by atoms with Crippen LogP contribution in [0.3, 0.4) is 0 Å². The molecule has 6 rings (SSSR count). The fraction of sp³-hybridized carbons (Fsp3) is 0.452. The zero-order valence-corrected chi connectivity index (χ0v) is 22.8. The fourth-order valence-electron chi connectivity index (χ4n) is 6.14. The smallest absolute Gasteiger partial charge is 0.273 e. The highest BCUT2D eigenvalue weighted by molar-refractivity contribution is 7.09. The number of amides is 2. The summed E-state index contributed by atoms with van der Waals surface area (Å²) in [6.45, 7) is 4.79. The predicted molar refractivity (Wildman–Crippen MR) is 148 cm³/mol. The lowest BCUT2D eigenvalue weighted by Gasteiger charge is -2.39. The second kappa shape index (κ2) is 10.9. The second-order valence-electron chi connectivity index (χ2n) is 10.9. The largest absolute Gasteiger partial charge is 0.486 e. The molecule has 0 unspecified atom stereocenters. The summed E-state index contributed by atoms with van der Waals surface area (Å²) in [6, 6.07) is 14.7. The van der Waals surface area contributed by atoms with E-state index in [2.05, 4.69) is 53.2 Å². The Balaban J connectivity index is 1.23. The Morgan fingerprint density at radius 3 is 2.53 bits per heavy atom. The maximum atomic E-state index is 13.7. The van der Waals surface area contributed by atoms with E-state index >= 15 is 0 Å². The molecule has 0 bridgehead atoms. The highest BCUT2D eigenvalue weighted by Crippen LogP contribution is 2.40. The molecule has 3 heterocycles. The first kappa shape index (κ1) is 25.1. The van der Waals surface area contributed by atoms with Crippen molar-refractivity contribution in [1.29, 1.82) is 0 Å². The Morgan fingerprint density at radius 1 is 1.00 bits per heavy atom. The van der Waals surface area contributed by atoms with E-state index in [9.17, 15) is 9.59 Å². The SMILES string of the molecule is Cc1ccc([C@@H]2c3cc(OCc4nc(C(=O)N5CCCC5)cs4)ccc3CCN2C(=O)C2CCCC2)cc1. The van der Waals surface area contributed by atoms with Crippen molar-refractivity contribution >= 4 is 23.2 Å². The van der Waals surface area contributed by atoms with Crippen molar-refractivity contribution in [2.75, 3.05) is 19.6 Å². The summed E-state index contributed by atoms with van der Waals surface area (Å²) in [6.07, 6.45) is 7.29. The average Bonchev–Trinajstić information content (AvgIpc) is 3.74. The van der Waals surface area contributed by atoms with Crippen LogP contribution in [0.15, 0.2) is 47.8 Å². The topological polar surface area (TPSA) is 62.7 Å². The lowest BCUT2D eigenvalue weighted by atomic mass is 9.86. The van der Waals surface area contributed by atoms with Gasteiger partial charge in [0.25, 0.3) is 5.91 Å². The molecule has 0 spiro atoms. The summed E-state index contributed by atoms with van der Waals surface area (Å²) >= 11 is 1.47. The number of aromatic nitrogens is 1. The summed E-state index contributed by atoms with van der Waals surface area (Å²) in [5.41, 5.74) is 5.28. The molecule has 6 nitrogen and oxygen atoms in total. The van der Waals surface area contributed by atoms with Gasteiger partial charge in [0, 0.05) is 30.9 Å². The van der Waals surface area contributed by atoms with Crippen molar-refractivity contribution in [1.82, 2.24) is 14.8 Å². The molecular formula is C31H35N3O3S. The minimum absolute atomic E-state index is 0.0201. The van der Waals surface area contributed by atoms with Crippen LogP contribution in [0.1, 0.15) is 82.3 Å². The standard InChI is InChI=1S/C31H35N3O3S/c1-21-8-10-23(11-9-21)29-26-18-25(13-12-22(26)14-17-34(29)30(35)24-6-2-3-7-24)37-19-28-32-27(20-38-28)31(36)33-15-4-5-16-33/h8-13,18,20,24,29H,2-7,14-17,19H2,1H3/t29-/m1/s1. The molecule has 38 heavy (non-hydrogen) atoms. The number of aryl methyl sites for hydroxylation is 1. The number of rotatable bonds is 6. The lowest BCUT2D eigenvalue weighted by molar-refractivity contribution is -0.137. The second-order valence-corrected chi connectivity index (χ2v) is 11.8. The molecule has 3 aromatic rings. The van der Waals surface area contributed by atoms with Gasteiger partial charge in [-0.25, -0.2) is 4.98 Å². The number of benzene rings is 2. The minimum atomic E-state index is -0.111. The van der Waals surface area contributed by atoms with Gasteiger partial charge < -0.3 is 14.5 Å². The molecule has 0 radical (unpaired) electrons. The molecule has 1 aliphatic carbocycles. The third kappa shape index (κ3) is 5.08. The van der Waals surface area contributed by atoms with Gasteiger partial charge in [-0.2, -0.15) is 0 Å². The van der Waals surface area contributed by atoms with Crippen LogP contribution in [0.5, 0.6) is 5.75 Å². The number of fused-ring (bicyclic) bond motifs is 1. The van der Waals surface area contributed by atoms with Crippen LogP contribution in [0.4, 0.5) is 0 Å². The summed E-state index contributed by atoms with van der Waals surface area (Å²) in [5, 5.41) is 2.63. The van der Waals surface area contributed by atoms with Crippen molar-refractivity contribution < 1.29 is 14.3 Å². The molecule has 1 atom stereocenters. The van der Waals surface area contributed by atoms with Gasteiger partial charge in [0.15, 0.2) is 0 Å². The first-order chi connectivity index (χ1) is 18.6. The lowest BCUT2D eigenvalue weighted by Crippen LogP contribution is -2.43. The number of ether oxygens (including phenoxy) is 1. The summed E-state index contributed by atoms with van der Waals surface area (Å²) in [7, 11) is 0. The first-order valence-corrected chi connectivity index (χ1v) is 14.8. The van der Waals surface area contributed by atoms with Gasteiger partial charge in [0.1, 0.15) is 23.1 Å². The first-order valence-electron chi connectivity index (χ1n) is 13.9. The van der Waals surface area contributed by atoms with E-state index < -0.39 is 0 Å². The third-order valence-electron chi connectivity index (χ3n) is 8.25. The number of carbonyl (C=O) groups excluding carboxylic acids is 2. The van der Waals surface area contributed by atoms with Crippen molar-refractivity contribution in [3.63, 3.8) is 0 Å². The van der Waals surface area contributed by atoms with E-state index in [4.69, 9.17) is 4.74 Å². The summed E-state index contributed by atoms with van der Waals surface area (Å²) in [5.74, 6) is 1.22. The van der Waals surface area contributed by atoms with Gasteiger partial charge in [0.2, 0.25) is 5.91 Å². The van der Waals surface area contributed by atoms with Gasteiger partial charge in [-0.15, -0.1) is 11.3 Å². The summed E-state index contributed by atoms with van der Waals surface area (Å²) < 4.78 is 6.20. The fourth-order valence-corrected chi connectivity index (χ4v) is 6.82. The number of nitrogens with zero attached hydrogens (tertiary/aromatic N) is 3. The number of hydrogen-bond acceptors (Lipinski definition) is 5. The highest BCUT2D eigenvalue weighted by atomic mass is 32.1. The zero-order valence-electron chi connectivity index (χ0n) is 22.0. The molecule has 7 heteroatoms. The predicted octanol–water partition coefficient (Wildman–Crippen LogP) is 5.93. The molecule has 1 saturated heterocycles. The van der Waals surface area contributed by atoms with E-state index in [0.29, 0.717) is 18.2 Å². The number of carbonyl (C=O) groups is 2. The zero-order chi connectivity index (χ0) is 26.1. The van der Waals surface area contributed by atoms with Crippen molar-refractivity contribution in [3.05, 3.63) is 80.8 Å². The normalized spacial score (nSPS) is 19.6. The molecule has 3 aliphatic rings. The van der Waals surface area contributed by atoms with Crippen molar-refractivity contribution in [2.24, 2.45) is 5.92 Å². The van der Waals surface area contributed by atoms with E-state index in [1.165, 1.54) is 22.5 Å². The maximum absolute atomic E-state index is 13.7. The van der Waals surface area contributed by atoms with E-state index in [0.717, 1.165) is 86.5 Å². The number of hydrogen-bond donors (Lipinski definition) is 0. The Hall–Kier alpha value is -3.19. The molecule has 0 N–H and O–H groups in total.